The fraction of sp³-hybridized carbons (Fsp3) is 0.675. The number of piperidine rings is 1. The van der Waals surface area contributed by atoms with Gasteiger partial charge in [0.2, 0.25) is 5.91 Å². The van der Waals surface area contributed by atoms with Crippen molar-refractivity contribution in [3.63, 3.8) is 0 Å². The molecular weight excluding hydrogens is 684 g/mol. The van der Waals surface area contributed by atoms with Crippen LogP contribution in [0.25, 0.3) is 0 Å². The molecule has 10 nitrogen and oxygen atoms in total. The second kappa shape index (κ2) is 20.9. The molecule has 1 aliphatic rings. The quantitative estimate of drug-likeness (QED) is 0.145. The number of ketones is 1. The van der Waals surface area contributed by atoms with E-state index in [2.05, 4.69) is 22.1 Å². The third-order valence-corrected chi connectivity index (χ3v) is 11.6. The summed E-state index contributed by atoms with van der Waals surface area (Å²) in [6, 6.07) is 5.06. The van der Waals surface area contributed by atoms with Gasteiger partial charge >= 0.3 is 5.97 Å². The van der Waals surface area contributed by atoms with Gasteiger partial charge in [0.15, 0.2) is 5.78 Å². The maximum absolute atomic E-state index is 14.4. The number of likely N-dealkylation sites (N-methyl/N-ethyl adjacent to an activating group) is 1. The average Bonchev–Trinajstić information content (AvgIpc) is 3.63. The molecule has 3 rings (SSSR count). The Hall–Kier alpha value is -3.22. The molecule has 290 valence electrons. The van der Waals surface area contributed by atoms with Crippen molar-refractivity contribution in [2.75, 3.05) is 27.2 Å². The van der Waals surface area contributed by atoms with Gasteiger partial charge in [0, 0.05) is 42.8 Å². The lowest BCUT2D eigenvalue weighted by Crippen LogP contribution is -2.50. The maximum atomic E-state index is 14.4. The van der Waals surface area contributed by atoms with Crippen LogP contribution in [0, 0.1) is 29.5 Å². The predicted octanol–water partition coefficient (Wildman–Crippen LogP) is 6.62. The number of halogens is 1. The fourth-order valence-electron chi connectivity index (χ4n) is 7.26. The number of esters is 1. The van der Waals surface area contributed by atoms with Gasteiger partial charge in [-0.25, -0.2) is 9.37 Å². The van der Waals surface area contributed by atoms with Gasteiger partial charge in [0.05, 0.1) is 19.1 Å². The number of hydrogen-bond donors (Lipinski definition) is 2. The number of rotatable bonds is 20. The number of nitrogens with zero attached hydrogens (tertiary/aromatic N) is 3. The molecule has 2 amide bonds. The molecule has 3 unspecified atom stereocenters. The summed E-state index contributed by atoms with van der Waals surface area (Å²) >= 11 is 1.18. The Morgan fingerprint density at radius 3 is 2.38 bits per heavy atom. The molecule has 2 heterocycles. The van der Waals surface area contributed by atoms with Crippen molar-refractivity contribution in [3.05, 3.63) is 51.7 Å². The highest BCUT2D eigenvalue weighted by molar-refractivity contribution is 7.09. The van der Waals surface area contributed by atoms with Crippen molar-refractivity contribution in [2.24, 2.45) is 23.7 Å². The van der Waals surface area contributed by atoms with Crippen molar-refractivity contribution in [3.8, 4) is 0 Å². The molecule has 2 N–H and O–H groups in total. The summed E-state index contributed by atoms with van der Waals surface area (Å²) in [7, 11) is 3.31. The third kappa shape index (κ3) is 12.2. The molecule has 1 fully saturated rings. The van der Waals surface area contributed by atoms with Gasteiger partial charge in [-0.3, -0.25) is 24.1 Å². The molecule has 1 aliphatic heterocycles. The standard InChI is InChI=1S/C40H61FN4O6S/c1-9-18-45(39(49)31(26(5)10-2)22-35(46)33-13-11-12-19-44(33)7)34(25(3)4)23-36(47)38-43-32(24-52-38)37(48)42-30(20-27(6)40(50)51-8)21-28-14-16-29(41)17-15-28/h14-17,24-27,30-31,33-34,36,47H,9-13,18-23H2,1-8H3,(H,42,48)/t26?,27-,30+,31-,33?,34?,36+/m0/s1. The molecule has 0 spiro atoms. The van der Waals surface area contributed by atoms with E-state index in [-0.39, 0.29) is 60.0 Å². The smallest absolute Gasteiger partial charge is 0.308 e. The Morgan fingerprint density at radius 1 is 1.10 bits per heavy atom. The van der Waals surface area contributed by atoms with Crippen LogP contribution in [-0.4, -0.2) is 88.8 Å². The van der Waals surface area contributed by atoms with Crippen LogP contribution in [0.2, 0.25) is 0 Å². The van der Waals surface area contributed by atoms with Gasteiger partial charge in [-0.1, -0.05) is 66.5 Å². The Balaban J connectivity index is 1.78. The zero-order valence-corrected chi connectivity index (χ0v) is 33.2. The largest absolute Gasteiger partial charge is 0.469 e. The first-order chi connectivity index (χ1) is 24.7. The van der Waals surface area contributed by atoms with Gasteiger partial charge < -0.3 is 20.1 Å². The molecule has 0 saturated carbocycles. The van der Waals surface area contributed by atoms with Crippen molar-refractivity contribution >= 4 is 34.9 Å². The van der Waals surface area contributed by atoms with Crippen LogP contribution in [0.3, 0.4) is 0 Å². The van der Waals surface area contributed by atoms with E-state index in [1.165, 1.54) is 30.6 Å². The predicted molar refractivity (Wildman–Crippen MR) is 202 cm³/mol. The molecule has 1 aromatic carbocycles. The highest BCUT2D eigenvalue weighted by Crippen LogP contribution is 2.32. The lowest BCUT2D eigenvalue weighted by molar-refractivity contribution is -0.145. The summed E-state index contributed by atoms with van der Waals surface area (Å²) in [5.41, 5.74) is 0.935. The molecule has 0 bridgehead atoms. The van der Waals surface area contributed by atoms with E-state index in [0.717, 1.165) is 44.2 Å². The van der Waals surface area contributed by atoms with Gasteiger partial charge in [0.25, 0.3) is 5.91 Å². The first-order valence-corrected chi connectivity index (χ1v) is 19.9. The van der Waals surface area contributed by atoms with E-state index in [9.17, 15) is 28.7 Å². The minimum atomic E-state index is -1.03. The number of hydrogen-bond acceptors (Lipinski definition) is 9. The van der Waals surface area contributed by atoms with Gasteiger partial charge in [-0.05, 0) is 75.2 Å². The molecule has 52 heavy (non-hydrogen) atoms. The number of amides is 2. The van der Waals surface area contributed by atoms with E-state index < -0.39 is 35.9 Å². The summed E-state index contributed by atoms with van der Waals surface area (Å²) in [6.07, 6.45) is 4.50. The number of benzene rings is 1. The van der Waals surface area contributed by atoms with E-state index in [4.69, 9.17) is 4.74 Å². The summed E-state index contributed by atoms with van der Waals surface area (Å²) in [5, 5.41) is 16.5. The first-order valence-electron chi connectivity index (χ1n) is 19.0. The maximum Gasteiger partial charge on any atom is 0.308 e. The van der Waals surface area contributed by atoms with Gasteiger partial charge in [-0.2, -0.15) is 0 Å². The number of nitrogens with one attached hydrogen (secondary N) is 1. The van der Waals surface area contributed by atoms with Crippen LogP contribution in [0.15, 0.2) is 29.6 Å². The highest BCUT2D eigenvalue weighted by Gasteiger charge is 2.38. The Labute approximate surface area is 313 Å². The number of Topliss-reactive ketones (excluding diaryl/α,β-unsaturated/α-hetero) is 1. The zero-order valence-electron chi connectivity index (χ0n) is 32.4. The van der Waals surface area contributed by atoms with Crippen molar-refractivity contribution in [1.82, 2.24) is 20.1 Å². The van der Waals surface area contributed by atoms with Crippen LogP contribution >= 0.6 is 11.3 Å². The molecule has 1 saturated heterocycles. The van der Waals surface area contributed by atoms with E-state index in [0.29, 0.717) is 24.4 Å². The van der Waals surface area contributed by atoms with E-state index in [1.54, 1.807) is 24.4 Å². The van der Waals surface area contributed by atoms with Crippen molar-refractivity contribution in [2.45, 2.75) is 124 Å². The van der Waals surface area contributed by atoms with Gasteiger partial charge in [0.1, 0.15) is 22.6 Å². The topological polar surface area (TPSA) is 129 Å². The number of aliphatic hydroxyl groups excluding tert-OH is 1. The highest BCUT2D eigenvalue weighted by atomic mass is 32.1. The van der Waals surface area contributed by atoms with Gasteiger partial charge in [-0.15, -0.1) is 11.3 Å². The Bertz CT molecular complexity index is 1450. The summed E-state index contributed by atoms with van der Waals surface area (Å²) in [4.78, 5) is 62.2. The lowest BCUT2D eigenvalue weighted by atomic mass is 9.82. The fourth-order valence-corrected chi connectivity index (χ4v) is 8.06. The third-order valence-electron chi connectivity index (χ3n) is 10.6. The van der Waals surface area contributed by atoms with E-state index in [1.807, 2.05) is 39.6 Å². The summed E-state index contributed by atoms with van der Waals surface area (Å²) in [5.74, 6) is -2.03. The number of ether oxygens (including phenoxy) is 1. The molecule has 0 aliphatic carbocycles. The monoisotopic (exact) mass is 744 g/mol. The van der Waals surface area contributed by atoms with E-state index >= 15 is 0 Å². The average molecular weight is 745 g/mol. The summed E-state index contributed by atoms with van der Waals surface area (Å²) < 4.78 is 18.4. The lowest BCUT2D eigenvalue weighted by Gasteiger charge is -2.39. The molecule has 1 aromatic heterocycles. The number of aliphatic hydroxyl groups is 1. The number of likely N-dealkylation sites (tertiary alicyclic amines) is 1. The molecule has 2 aromatic rings. The molecule has 7 atom stereocenters. The minimum absolute atomic E-state index is 0.00895. The normalized spacial score (nSPS) is 18.6. The Morgan fingerprint density at radius 2 is 1.79 bits per heavy atom. The zero-order chi connectivity index (χ0) is 38.5. The molecule has 0 radical (unpaired) electrons. The van der Waals surface area contributed by atoms with Crippen LogP contribution < -0.4 is 5.32 Å². The number of aromatic nitrogens is 1. The number of carbonyl (C=O) groups excluding carboxylic acids is 4. The molecular formula is C40H61FN4O6S. The van der Waals surface area contributed by atoms with Crippen LogP contribution in [0.4, 0.5) is 4.39 Å². The number of thiazole rings is 1. The second-order valence-electron chi connectivity index (χ2n) is 15.0. The van der Waals surface area contributed by atoms with Crippen LogP contribution in [0.1, 0.15) is 120 Å². The summed E-state index contributed by atoms with van der Waals surface area (Å²) in [6.45, 7) is 13.3. The minimum Gasteiger partial charge on any atom is -0.469 e. The first kappa shape index (κ1) is 43.2. The number of carbonyl (C=O) groups is 4. The van der Waals surface area contributed by atoms with Crippen LogP contribution in [-0.2, 0) is 25.5 Å². The Kier molecular flexibility index (Phi) is 17.3. The van der Waals surface area contributed by atoms with Crippen LogP contribution in [0.5, 0.6) is 0 Å². The molecule has 12 heteroatoms. The van der Waals surface area contributed by atoms with Crippen molar-refractivity contribution < 1.29 is 33.4 Å². The number of methoxy groups -OCH3 is 1. The van der Waals surface area contributed by atoms with Crippen molar-refractivity contribution in [1.29, 1.82) is 0 Å². The second-order valence-corrected chi connectivity index (χ2v) is 15.9. The SMILES string of the molecule is CCCN(C(=O)[C@@H](CC(=O)C1CCCCN1C)C(C)CC)C(C[C@@H](O)c1nc(C(=O)N[C@@H](Cc2ccc(F)cc2)C[C@H](C)C(=O)OC)cs1)C(C)C.